The molecule has 3 aromatic carbocycles. The molecule has 0 spiro atoms. The molecular formula is C26H24FN3O3. The van der Waals surface area contributed by atoms with Crippen molar-refractivity contribution in [1.82, 2.24) is 0 Å². The number of rotatable bonds is 5. The predicted octanol–water partition coefficient (Wildman–Crippen LogP) is 5.48. The fourth-order valence-corrected chi connectivity index (χ4v) is 3.97. The number of hydrogen-bond acceptors (Lipinski definition) is 5. The van der Waals surface area contributed by atoms with E-state index in [2.05, 4.69) is 10.5 Å². The molecule has 1 aromatic heterocycles. The van der Waals surface area contributed by atoms with Gasteiger partial charge in [-0.1, -0.05) is 41.6 Å². The van der Waals surface area contributed by atoms with Crippen LogP contribution in [0.2, 0.25) is 0 Å². The molecule has 0 saturated carbocycles. The Labute approximate surface area is 190 Å². The minimum absolute atomic E-state index is 0.0913. The average molecular weight is 445 g/mol. The Kier molecular flexibility index (Phi) is 5.87. The van der Waals surface area contributed by atoms with E-state index in [4.69, 9.17) is 15.4 Å². The number of nitrogens with one attached hydrogen (secondary N) is 1. The molecule has 4 aromatic rings. The number of amidine groups is 1. The van der Waals surface area contributed by atoms with Gasteiger partial charge in [0.1, 0.15) is 17.2 Å². The van der Waals surface area contributed by atoms with Gasteiger partial charge < -0.3 is 20.7 Å². The van der Waals surface area contributed by atoms with E-state index >= 15 is 0 Å². The van der Waals surface area contributed by atoms with Crippen molar-refractivity contribution in [2.24, 2.45) is 10.9 Å². The zero-order chi connectivity index (χ0) is 23.7. The van der Waals surface area contributed by atoms with E-state index in [9.17, 15) is 9.18 Å². The molecule has 33 heavy (non-hydrogen) atoms. The molecule has 1 heterocycles. The molecular weight excluding hydrogens is 421 g/mol. The number of hydrogen-bond donors (Lipinski definition) is 3. The van der Waals surface area contributed by atoms with E-state index in [0.717, 1.165) is 16.7 Å². The molecule has 7 heteroatoms. The first kappa shape index (κ1) is 22.1. The molecule has 168 valence electrons. The summed E-state index contributed by atoms with van der Waals surface area (Å²) >= 11 is 0. The molecule has 0 bridgehead atoms. The fourth-order valence-electron chi connectivity index (χ4n) is 3.97. The first-order valence-electron chi connectivity index (χ1n) is 10.5. The van der Waals surface area contributed by atoms with Crippen molar-refractivity contribution >= 4 is 22.5 Å². The molecule has 4 rings (SSSR count). The molecule has 6 nitrogen and oxygen atoms in total. The maximum absolute atomic E-state index is 13.8. The third-order valence-electron chi connectivity index (χ3n) is 5.63. The fraction of sp³-hybridized carbons (Fsp3) is 0.154. The first-order valence-corrected chi connectivity index (χ1v) is 10.5. The maximum Gasteiger partial charge on any atom is 0.196 e. The Hall–Kier alpha value is -4.13. The SMILES string of the molecule is Cc1cc([C@@H](C)Nc2ccc(F)cc2/C(N)=N/O)c2oc(-c3ccccc3)c(C)c(=O)c2c1. The molecule has 0 unspecified atom stereocenters. The average Bonchev–Trinajstić information content (AvgIpc) is 2.82. The van der Waals surface area contributed by atoms with E-state index in [0.29, 0.717) is 28.0 Å². The van der Waals surface area contributed by atoms with Gasteiger partial charge in [0.2, 0.25) is 0 Å². The zero-order valence-electron chi connectivity index (χ0n) is 18.5. The van der Waals surface area contributed by atoms with E-state index < -0.39 is 5.82 Å². The lowest BCUT2D eigenvalue weighted by Gasteiger charge is -2.20. The van der Waals surface area contributed by atoms with Crippen molar-refractivity contribution in [3.63, 3.8) is 0 Å². The van der Waals surface area contributed by atoms with Gasteiger partial charge in [0.25, 0.3) is 0 Å². The molecule has 0 amide bonds. The van der Waals surface area contributed by atoms with Crippen molar-refractivity contribution < 1.29 is 14.0 Å². The third kappa shape index (κ3) is 4.17. The zero-order valence-corrected chi connectivity index (χ0v) is 18.5. The second-order valence-electron chi connectivity index (χ2n) is 8.02. The van der Waals surface area contributed by atoms with E-state index in [-0.39, 0.29) is 22.9 Å². The standard InChI is InChI=1S/C26H24FN3O3/c1-14-11-19(16(3)29-22-10-9-18(27)13-20(22)26(28)30-32)25-21(12-14)23(31)15(2)24(33-25)17-7-5-4-6-8-17/h4-13,16,29,32H,1-3H3,(H2,28,30)/t16-/m1/s1. The van der Waals surface area contributed by atoms with Gasteiger partial charge in [-0.15, -0.1) is 0 Å². The lowest BCUT2D eigenvalue weighted by molar-refractivity contribution is 0.318. The summed E-state index contributed by atoms with van der Waals surface area (Å²) in [7, 11) is 0. The van der Waals surface area contributed by atoms with Crippen LogP contribution in [0, 0.1) is 19.7 Å². The van der Waals surface area contributed by atoms with Crippen LogP contribution >= 0.6 is 0 Å². The van der Waals surface area contributed by atoms with Gasteiger partial charge in [0.15, 0.2) is 11.3 Å². The number of nitrogens with zero attached hydrogens (tertiary/aromatic N) is 1. The number of fused-ring (bicyclic) bond motifs is 1. The van der Waals surface area contributed by atoms with Crippen LogP contribution in [0.5, 0.6) is 0 Å². The minimum atomic E-state index is -0.509. The van der Waals surface area contributed by atoms with Gasteiger partial charge in [0, 0.05) is 27.9 Å². The van der Waals surface area contributed by atoms with Crippen molar-refractivity contribution in [3.05, 3.63) is 99.0 Å². The van der Waals surface area contributed by atoms with Crippen molar-refractivity contribution in [1.29, 1.82) is 0 Å². The lowest BCUT2D eigenvalue weighted by Crippen LogP contribution is -2.18. The topological polar surface area (TPSA) is 101 Å². The lowest BCUT2D eigenvalue weighted by atomic mass is 9.98. The second kappa shape index (κ2) is 8.78. The normalized spacial score (nSPS) is 12.7. The summed E-state index contributed by atoms with van der Waals surface area (Å²) in [6, 6.07) is 16.9. The molecule has 0 radical (unpaired) electrons. The summed E-state index contributed by atoms with van der Waals surface area (Å²) in [4.78, 5) is 13.2. The summed E-state index contributed by atoms with van der Waals surface area (Å²) in [5.74, 6) is -0.207. The Morgan fingerprint density at radius 3 is 2.55 bits per heavy atom. The molecule has 1 atom stereocenters. The van der Waals surface area contributed by atoms with Crippen molar-refractivity contribution in [3.8, 4) is 11.3 Å². The largest absolute Gasteiger partial charge is 0.455 e. The van der Waals surface area contributed by atoms with Crippen LogP contribution in [0.1, 0.15) is 35.2 Å². The number of nitrogens with two attached hydrogens (primary N) is 1. The van der Waals surface area contributed by atoms with Gasteiger partial charge in [0.05, 0.1) is 11.4 Å². The number of benzene rings is 3. The van der Waals surface area contributed by atoms with Gasteiger partial charge in [-0.3, -0.25) is 4.79 Å². The molecule has 0 aliphatic rings. The number of oxime groups is 1. The predicted molar refractivity (Wildman–Crippen MR) is 128 cm³/mol. The molecule has 0 aliphatic carbocycles. The van der Waals surface area contributed by atoms with Gasteiger partial charge in [-0.25, -0.2) is 4.39 Å². The minimum Gasteiger partial charge on any atom is -0.455 e. The smallest absolute Gasteiger partial charge is 0.196 e. The highest BCUT2D eigenvalue weighted by atomic mass is 19.1. The number of halogens is 1. The maximum atomic E-state index is 13.8. The van der Waals surface area contributed by atoms with Gasteiger partial charge in [-0.2, -0.15) is 0 Å². The van der Waals surface area contributed by atoms with Crippen LogP contribution < -0.4 is 16.5 Å². The molecule has 0 saturated heterocycles. The second-order valence-corrected chi connectivity index (χ2v) is 8.02. The Bertz CT molecular complexity index is 1430. The Balaban J connectivity index is 1.88. The van der Waals surface area contributed by atoms with Gasteiger partial charge in [-0.05, 0) is 50.6 Å². The van der Waals surface area contributed by atoms with Crippen LogP contribution in [0.15, 0.2) is 75.0 Å². The molecule has 0 aliphatic heterocycles. The highest BCUT2D eigenvalue weighted by Crippen LogP contribution is 2.32. The quantitative estimate of drug-likeness (QED) is 0.163. The van der Waals surface area contributed by atoms with Crippen LogP contribution in [-0.2, 0) is 0 Å². The van der Waals surface area contributed by atoms with Gasteiger partial charge >= 0.3 is 0 Å². The van der Waals surface area contributed by atoms with Crippen molar-refractivity contribution in [2.45, 2.75) is 26.8 Å². The molecule has 0 fully saturated rings. The van der Waals surface area contributed by atoms with E-state index in [1.807, 2.05) is 56.3 Å². The molecule has 4 N–H and O–H groups in total. The summed E-state index contributed by atoms with van der Waals surface area (Å²) < 4.78 is 20.1. The van der Waals surface area contributed by atoms with Crippen LogP contribution in [-0.4, -0.2) is 11.0 Å². The summed E-state index contributed by atoms with van der Waals surface area (Å²) in [6.45, 7) is 5.57. The summed E-state index contributed by atoms with van der Waals surface area (Å²) in [5.41, 5.74) is 9.85. The summed E-state index contributed by atoms with van der Waals surface area (Å²) in [6.07, 6.45) is 0. The first-order chi connectivity index (χ1) is 15.8. The van der Waals surface area contributed by atoms with E-state index in [1.165, 1.54) is 18.2 Å². The van der Waals surface area contributed by atoms with E-state index in [1.54, 1.807) is 6.92 Å². The monoisotopic (exact) mass is 445 g/mol. The Morgan fingerprint density at radius 1 is 1.12 bits per heavy atom. The van der Waals surface area contributed by atoms with Crippen molar-refractivity contribution in [2.75, 3.05) is 5.32 Å². The number of anilines is 1. The summed E-state index contributed by atoms with van der Waals surface area (Å²) in [5, 5.41) is 15.9. The highest BCUT2D eigenvalue weighted by molar-refractivity contribution is 6.02. The number of aryl methyl sites for hydroxylation is 1. The highest BCUT2D eigenvalue weighted by Gasteiger charge is 2.20. The van der Waals surface area contributed by atoms with Crippen LogP contribution in [0.25, 0.3) is 22.3 Å². The van der Waals surface area contributed by atoms with Crippen LogP contribution in [0.4, 0.5) is 10.1 Å². The van der Waals surface area contributed by atoms with Crippen LogP contribution in [0.3, 0.4) is 0 Å². The third-order valence-corrected chi connectivity index (χ3v) is 5.63. The Morgan fingerprint density at radius 2 is 1.85 bits per heavy atom.